The monoisotopic (exact) mass is 446 g/mol. The first-order valence-electron chi connectivity index (χ1n) is 9.40. The summed E-state index contributed by atoms with van der Waals surface area (Å²) in [7, 11) is -6.54. The van der Waals surface area contributed by atoms with Crippen LogP contribution in [0.1, 0.15) is 31.2 Å². The third kappa shape index (κ3) is 5.28. The van der Waals surface area contributed by atoms with E-state index in [1.54, 1.807) is 19.1 Å². The maximum Gasteiger partial charge on any atom is 0.243 e. The number of anilines is 1. The van der Waals surface area contributed by atoms with Crippen LogP contribution in [-0.4, -0.2) is 62.6 Å². The van der Waals surface area contributed by atoms with Crippen molar-refractivity contribution in [2.45, 2.75) is 42.8 Å². The van der Waals surface area contributed by atoms with Crippen LogP contribution in [0.2, 0.25) is 0 Å². The minimum absolute atomic E-state index is 0.0520. The maximum absolute atomic E-state index is 13.0. The molecule has 0 aromatic heterocycles. The van der Waals surface area contributed by atoms with Gasteiger partial charge in [0.2, 0.25) is 15.9 Å². The molecule has 0 radical (unpaired) electrons. The molecule has 0 saturated carbocycles. The summed E-state index contributed by atoms with van der Waals surface area (Å²) in [5, 5.41) is 2.69. The lowest BCUT2D eigenvalue weighted by Crippen LogP contribution is -2.36. The van der Waals surface area contributed by atoms with Crippen molar-refractivity contribution in [3.05, 3.63) is 23.8 Å². The lowest BCUT2D eigenvalue weighted by Gasteiger charge is -2.26. The van der Waals surface area contributed by atoms with Gasteiger partial charge in [0.25, 0.3) is 0 Å². The van der Waals surface area contributed by atoms with Crippen LogP contribution in [0, 0.1) is 6.92 Å². The highest BCUT2D eigenvalue weighted by Gasteiger charge is 2.29. The molecule has 2 heterocycles. The van der Waals surface area contributed by atoms with E-state index in [4.69, 9.17) is 0 Å². The van der Waals surface area contributed by atoms with Crippen molar-refractivity contribution in [1.29, 1.82) is 0 Å². The summed E-state index contributed by atoms with van der Waals surface area (Å²) >= 11 is 1.33. The van der Waals surface area contributed by atoms with E-state index in [2.05, 4.69) is 5.32 Å². The van der Waals surface area contributed by atoms with Crippen molar-refractivity contribution >= 4 is 43.2 Å². The van der Waals surface area contributed by atoms with Crippen molar-refractivity contribution < 1.29 is 21.6 Å². The average Bonchev–Trinajstić information content (AvgIpc) is 3.01. The first-order chi connectivity index (χ1) is 13.2. The van der Waals surface area contributed by atoms with Crippen molar-refractivity contribution in [2.24, 2.45) is 0 Å². The second-order valence-corrected chi connectivity index (χ2v) is 12.8. The third-order valence-electron chi connectivity index (χ3n) is 5.05. The molecular formula is C18H26N2O5S3. The third-order valence-corrected chi connectivity index (χ3v) is 10.4. The van der Waals surface area contributed by atoms with Gasteiger partial charge in [-0.25, -0.2) is 16.8 Å². The molecule has 10 heteroatoms. The van der Waals surface area contributed by atoms with Crippen molar-refractivity contribution in [3.63, 3.8) is 0 Å². The number of benzene rings is 1. The fourth-order valence-corrected chi connectivity index (χ4v) is 8.69. The van der Waals surface area contributed by atoms with E-state index in [1.807, 2.05) is 0 Å². The Hall–Kier alpha value is -1.10. The van der Waals surface area contributed by atoms with Gasteiger partial charge in [-0.15, -0.1) is 11.8 Å². The molecule has 2 aliphatic heterocycles. The second-order valence-electron chi connectivity index (χ2n) is 7.33. The summed E-state index contributed by atoms with van der Waals surface area (Å²) in [5.74, 6) is 0.178. The number of sulfonamides is 1. The van der Waals surface area contributed by atoms with E-state index in [0.29, 0.717) is 30.8 Å². The quantitative estimate of drug-likeness (QED) is 0.718. The Kier molecular flexibility index (Phi) is 6.73. The summed E-state index contributed by atoms with van der Waals surface area (Å²) in [6, 6.07) is 4.90. The lowest BCUT2D eigenvalue weighted by molar-refractivity contribution is -0.113. The second kappa shape index (κ2) is 8.73. The number of thioether (sulfide) groups is 1. The van der Waals surface area contributed by atoms with E-state index >= 15 is 0 Å². The molecule has 1 amide bonds. The normalized spacial score (nSPS) is 22.8. The van der Waals surface area contributed by atoms with Gasteiger partial charge in [-0.3, -0.25) is 4.79 Å². The van der Waals surface area contributed by atoms with E-state index in [-0.39, 0.29) is 33.3 Å². The highest BCUT2D eigenvalue weighted by atomic mass is 32.2. The molecule has 0 spiro atoms. The van der Waals surface area contributed by atoms with Crippen LogP contribution in [0.3, 0.4) is 0 Å². The van der Waals surface area contributed by atoms with Gasteiger partial charge in [-0.05, 0) is 43.9 Å². The molecule has 2 fully saturated rings. The van der Waals surface area contributed by atoms with Crippen molar-refractivity contribution in [1.82, 2.24) is 4.31 Å². The minimum atomic E-state index is -3.58. The summed E-state index contributed by atoms with van der Waals surface area (Å²) in [6.07, 6.45) is 3.34. The molecule has 1 unspecified atom stereocenters. The number of hydrogen-bond donors (Lipinski definition) is 1. The minimum Gasteiger partial charge on any atom is -0.325 e. The molecule has 3 rings (SSSR count). The number of amides is 1. The number of sulfone groups is 1. The largest absolute Gasteiger partial charge is 0.325 e. The molecule has 2 saturated heterocycles. The predicted molar refractivity (Wildman–Crippen MR) is 112 cm³/mol. The number of rotatable bonds is 6. The summed E-state index contributed by atoms with van der Waals surface area (Å²) in [5.41, 5.74) is 1.08. The first-order valence-corrected chi connectivity index (χ1v) is 13.7. The molecule has 156 valence electrons. The number of hydrogen-bond acceptors (Lipinski definition) is 6. The molecule has 1 atom stereocenters. The Labute approximate surface area is 171 Å². The van der Waals surface area contributed by atoms with Crippen LogP contribution in [0.25, 0.3) is 0 Å². The Balaban J connectivity index is 1.65. The lowest BCUT2D eigenvalue weighted by atomic mass is 10.2. The van der Waals surface area contributed by atoms with Crippen molar-refractivity contribution in [3.8, 4) is 0 Å². The van der Waals surface area contributed by atoms with Crippen molar-refractivity contribution in [2.75, 3.05) is 35.7 Å². The number of nitrogens with zero attached hydrogens (tertiary/aromatic N) is 1. The van der Waals surface area contributed by atoms with Gasteiger partial charge in [0.05, 0.1) is 22.2 Å². The zero-order valence-electron chi connectivity index (χ0n) is 15.9. The highest BCUT2D eigenvalue weighted by Crippen LogP contribution is 2.27. The molecule has 1 N–H and O–H groups in total. The number of carbonyl (C=O) groups excluding carboxylic acids is 1. The van der Waals surface area contributed by atoms with E-state index in [1.165, 1.54) is 22.1 Å². The molecule has 0 bridgehead atoms. The van der Waals surface area contributed by atoms with Crippen LogP contribution >= 0.6 is 11.8 Å². The van der Waals surface area contributed by atoms with E-state index < -0.39 is 19.9 Å². The van der Waals surface area contributed by atoms with Crippen LogP contribution in [0.5, 0.6) is 0 Å². The van der Waals surface area contributed by atoms with Gasteiger partial charge in [-0.2, -0.15) is 4.31 Å². The molecule has 7 nitrogen and oxygen atoms in total. The van der Waals surface area contributed by atoms with Crippen LogP contribution in [-0.2, 0) is 24.7 Å². The number of nitrogens with one attached hydrogen (secondary N) is 1. The Morgan fingerprint density at radius 3 is 2.61 bits per heavy atom. The Morgan fingerprint density at radius 1 is 1.25 bits per heavy atom. The number of carbonyl (C=O) groups is 1. The van der Waals surface area contributed by atoms with Gasteiger partial charge in [0.15, 0.2) is 9.84 Å². The molecule has 28 heavy (non-hydrogen) atoms. The summed E-state index contributed by atoms with van der Waals surface area (Å²) < 4.78 is 50.4. The average molecular weight is 447 g/mol. The topological polar surface area (TPSA) is 101 Å². The molecule has 0 aliphatic carbocycles. The molecule has 1 aromatic carbocycles. The highest BCUT2D eigenvalue weighted by molar-refractivity contribution is 8.02. The van der Waals surface area contributed by atoms with Gasteiger partial charge in [-0.1, -0.05) is 12.5 Å². The molecule has 2 aliphatic rings. The van der Waals surface area contributed by atoms with Gasteiger partial charge in [0, 0.05) is 24.0 Å². The molecule has 1 aromatic rings. The molecular weight excluding hydrogens is 420 g/mol. The fourth-order valence-electron chi connectivity index (χ4n) is 3.48. The SMILES string of the molecule is Cc1ccc(NC(=O)CSC2CCS(=O)(=O)C2)cc1S(=O)(=O)N1CCCCC1. The smallest absolute Gasteiger partial charge is 0.243 e. The Morgan fingerprint density at radius 2 is 1.96 bits per heavy atom. The van der Waals surface area contributed by atoms with Crippen LogP contribution < -0.4 is 5.32 Å². The van der Waals surface area contributed by atoms with E-state index in [9.17, 15) is 21.6 Å². The zero-order chi connectivity index (χ0) is 20.4. The summed E-state index contributed by atoms with van der Waals surface area (Å²) in [6.45, 7) is 2.80. The van der Waals surface area contributed by atoms with Crippen LogP contribution in [0.4, 0.5) is 5.69 Å². The Bertz CT molecular complexity index is 938. The van der Waals surface area contributed by atoms with Crippen LogP contribution in [0.15, 0.2) is 23.1 Å². The number of piperidine rings is 1. The predicted octanol–water partition coefficient (Wildman–Crippen LogP) is 2.03. The van der Waals surface area contributed by atoms with Gasteiger partial charge >= 0.3 is 0 Å². The van der Waals surface area contributed by atoms with Gasteiger partial charge < -0.3 is 5.32 Å². The standard InChI is InChI=1S/C18H26N2O5S3/c1-14-5-6-15(11-17(14)28(24,25)20-8-3-2-4-9-20)19-18(21)12-26-16-7-10-27(22,23)13-16/h5-6,11,16H,2-4,7-10,12-13H2,1H3,(H,19,21). The zero-order valence-corrected chi connectivity index (χ0v) is 18.3. The first kappa shape index (κ1) is 21.6. The fraction of sp³-hybridized carbons (Fsp3) is 0.611. The maximum atomic E-state index is 13.0. The van der Waals surface area contributed by atoms with E-state index in [0.717, 1.165) is 19.3 Å². The number of aryl methyl sites for hydroxylation is 1. The van der Waals surface area contributed by atoms with Gasteiger partial charge in [0.1, 0.15) is 0 Å². The summed E-state index contributed by atoms with van der Waals surface area (Å²) in [4.78, 5) is 12.5.